The molecule has 0 aliphatic heterocycles. The first-order valence-corrected chi connectivity index (χ1v) is 7.81. The van der Waals surface area contributed by atoms with E-state index in [4.69, 9.17) is 16.2 Å². The van der Waals surface area contributed by atoms with E-state index < -0.39 is 16.8 Å². The highest BCUT2D eigenvalue weighted by molar-refractivity contribution is 5.95. The number of primary amides is 1. The number of amides is 1. The number of carbonyl (C=O) groups is 2. The van der Waals surface area contributed by atoms with E-state index in [-0.39, 0.29) is 42.3 Å². The van der Waals surface area contributed by atoms with Crippen LogP contribution in [0.3, 0.4) is 0 Å². The first kappa shape index (κ1) is 20.9. The van der Waals surface area contributed by atoms with Crippen LogP contribution in [0.5, 0.6) is 5.75 Å². The van der Waals surface area contributed by atoms with Crippen molar-refractivity contribution in [2.45, 2.75) is 12.8 Å². The first-order valence-electron chi connectivity index (χ1n) is 7.81. The van der Waals surface area contributed by atoms with Gasteiger partial charge in [0.05, 0.1) is 18.6 Å². The average Bonchev–Trinajstić information content (AvgIpc) is 2.61. The van der Waals surface area contributed by atoms with Crippen LogP contribution >= 0.6 is 0 Å². The second-order valence-corrected chi connectivity index (χ2v) is 5.11. The lowest BCUT2D eigenvalue weighted by molar-refractivity contribution is -0.384. The summed E-state index contributed by atoms with van der Waals surface area (Å²) in [5, 5.41) is 14.2. The van der Waals surface area contributed by atoms with Crippen LogP contribution in [0.15, 0.2) is 24.3 Å². The van der Waals surface area contributed by atoms with Gasteiger partial charge in [0.2, 0.25) is 5.91 Å². The Balaban J connectivity index is 3.07. The molecule has 0 fully saturated rings. The number of nitrogens with one attached hydrogen (secondary N) is 1. The third-order valence-corrected chi connectivity index (χ3v) is 3.27. The number of benzene rings is 1. The highest BCUT2D eigenvalue weighted by Crippen LogP contribution is 2.36. The molecule has 10 nitrogen and oxygen atoms in total. The number of nitrogens with two attached hydrogens (primary N) is 2. The Bertz CT molecular complexity index is 690. The summed E-state index contributed by atoms with van der Waals surface area (Å²) in [6.07, 6.45) is 3.87. The molecule has 0 aromatic heterocycles. The molecule has 5 N–H and O–H groups in total. The van der Waals surface area contributed by atoms with Crippen molar-refractivity contribution in [3.8, 4) is 5.75 Å². The Kier molecular flexibility index (Phi) is 8.58. The molecule has 1 aromatic carbocycles. The van der Waals surface area contributed by atoms with Gasteiger partial charge in [0.25, 0.3) is 5.69 Å². The zero-order chi connectivity index (χ0) is 19.5. The van der Waals surface area contributed by atoms with Gasteiger partial charge in [0, 0.05) is 31.1 Å². The number of nitro benzene ring substituents is 1. The van der Waals surface area contributed by atoms with Crippen LogP contribution in [-0.4, -0.2) is 43.6 Å². The molecule has 1 rings (SSSR count). The third kappa shape index (κ3) is 6.40. The van der Waals surface area contributed by atoms with Gasteiger partial charge in [-0.05, 0) is 12.5 Å². The van der Waals surface area contributed by atoms with E-state index in [9.17, 15) is 19.7 Å². The number of ether oxygens (including phenoxy) is 2. The number of nitrogens with zero attached hydrogens (tertiary/aromatic N) is 1. The van der Waals surface area contributed by atoms with Gasteiger partial charge in [-0.25, -0.2) is 0 Å². The number of rotatable bonds is 11. The molecule has 1 amide bonds. The van der Waals surface area contributed by atoms with Crippen molar-refractivity contribution in [2.75, 3.05) is 32.1 Å². The number of esters is 1. The monoisotopic (exact) mass is 366 g/mol. The molecule has 0 aliphatic rings. The van der Waals surface area contributed by atoms with E-state index in [1.807, 2.05) is 0 Å². The van der Waals surface area contributed by atoms with Crippen molar-refractivity contribution in [1.82, 2.24) is 0 Å². The number of hydrogen-bond acceptors (Lipinski definition) is 8. The molecule has 0 unspecified atom stereocenters. The van der Waals surface area contributed by atoms with E-state index in [0.717, 1.165) is 6.07 Å². The van der Waals surface area contributed by atoms with Gasteiger partial charge in [0.1, 0.15) is 5.75 Å². The molecule has 142 valence electrons. The zero-order valence-electron chi connectivity index (χ0n) is 14.4. The highest BCUT2D eigenvalue weighted by atomic mass is 16.6. The van der Waals surface area contributed by atoms with E-state index in [0.29, 0.717) is 13.0 Å². The minimum absolute atomic E-state index is 0.0530. The summed E-state index contributed by atoms with van der Waals surface area (Å²) >= 11 is 0. The first-order chi connectivity index (χ1) is 12.4. The molecule has 0 saturated carbocycles. The van der Waals surface area contributed by atoms with Gasteiger partial charge in [-0.2, -0.15) is 0 Å². The molecule has 0 atom stereocenters. The van der Waals surface area contributed by atoms with Gasteiger partial charge in [-0.15, -0.1) is 0 Å². The molecule has 10 heteroatoms. The van der Waals surface area contributed by atoms with E-state index >= 15 is 0 Å². The second kappa shape index (κ2) is 10.7. The summed E-state index contributed by atoms with van der Waals surface area (Å²) in [4.78, 5) is 33.3. The van der Waals surface area contributed by atoms with Crippen LogP contribution < -0.4 is 21.5 Å². The van der Waals surface area contributed by atoms with Crippen LogP contribution in [0.2, 0.25) is 0 Å². The van der Waals surface area contributed by atoms with Gasteiger partial charge < -0.3 is 26.3 Å². The Labute approximate surface area is 150 Å². The maximum atomic E-state index is 11.4. The fourth-order valence-corrected chi connectivity index (χ4v) is 2.02. The van der Waals surface area contributed by atoms with Crippen LogP contribution in [0, 0.1) is 10.1 Å². The minimum Gasteiger partial charge on any atom is -0.491 e. The van der Waals surface area contributed by atoms with Crippen molar-refractivity contribution in [3.05, 3.63) is 40.0 Å². The smallest absolute Gasteiger partial charge is 0.305 e. The number of methoxy groups -OCH3 is 1. The Morgan fingerprint density at radius 3 is 2.65 bits per heavy atom. The van der Waals surface area contributed by atoms with Crippen molar-refractivity contribution in [3.63, 3.8) is 0 Å². The maximum absolute atomic E-state index is 11.4. The summed E-state index contributed by atoms with van der Waals surface area (Å²) < 4.78 is 10.1. The summed E-state index contributed by atoms with van der Waals surface area (Å²) in [5.41, 5.74) is 10.3. The number of hydrogen-bond donors (Lipinski definition) is 3. The summed E-state index contributed by atoms with van der Waals surface area (Å²) in [6.45, 7) is 0.704. The summed E-state index contributed by atoms with van der Waals surface area (Å²) in [5.74, 6) is -1.11. The third-order valence-electron chi connectivity index (χ3n) is 3.27. The number of carbonyl (C=O) groups excluding carboxylic acids is 2. The molecule has 1 aromatic rings. The highest BCUT2D eigenvalue weighted by Gasteiger charge is 2.22. The minimum atomic E-state index is -0.818. The largest absolute Gasteiger partial charge is 0.491 e. The maximum Gasteiger partial charge on any atom is 0.305 e. The predicted octanol–water partition coefficient (Wildman–Crippen LogP) is 0.952. The topological polar surface area (TPSA) is 160 Å². The average molecular weight is 366 g/mol. The fraction of sp³-hybridized carbons (Fsp3) is 0.375. The number of nitro groups is 1. The molecule has 0 radical (unpaired) electrons. The van der Waals surface area contributed by atoms with Gasteiger partial charge in [-0.3, -0.25) is 19.7 Å². The lowest BCUT2D eigenvalue weighted by Gasteiger charge is -2.14. The molecule has 0 aliphatic carbocycles. The van der Waals surface area contributed by atoms with Crippen LogP contribution in [0.4, 0.5) is 11.4 Å². The van der Waals surface area contributed by atoms with Crippen molar-refractivity contribution in [2.24, 2.45) is 11.5 Å². The molecule has 0 spiro atoms. The number of anilines is 1. The van der Waals surface area contributed by atoms with E-state index in [1.54, 1.807) is 12.2 Å². The normalized spacial score (nSPS) is 10.5. The Morgan fingerprint density at radius 2 is 2.08 bits per heavy atom. The van der Waals surface area contributed by atoms with E-state index in [2.05, 4.69) is 10.1 Å². The van der Waals surface area contributed by atoms with Crippen LogP contribution in [0.25, 0.3) is 0 Å². The van der Waals surface area contributed by atoms with Crippen molar-refractivity contribution in [1.29, 1.82) is 0 Å². The zero-order valence-corrected chi connectivity index (χ0v) is 14.4. The lowest BCUT2D eigenvalue weighted by Crippen LogP contribution is -2.14. The van der Waals surface area contributed by atoms with E-state index in [1.165, 1.54) is 13.2 Å². The van der Waals surface area contributed by atoms with Gasteiger partial charge >= 0.3 is 5.97 Å². The molecule has 26 heavy (non-hydrogen) atoms. The molecule has 0 heterocycles. The van der Waals surface area contributed by atoms with Crippen LogP contribution in [-0.2, 0) is 9.53 Å². The van der Waals surface area contributed by atoms with Crippen LogP contribution in [0.1, 0.15) is 23.2 Å². The standard InChI is InChI=1S/C16H22N4O6/c1-25-14(21)5-4-8-26-13-10-11(16(18)22)9-12(20(23)24)15(13)19-7-3-2-6-17/h2-3,9-10,19H,4-8,17H2,1H3,(H2,18,22)/b3-2+. The Hall–Kier alpha value is -3.14. The molecular formula is C16H22N4O6. The van der Waals surface area contributed by atoms with Crippen molar-refractivity contribution < 1.29 is 24.0 Å². The second-order valence-electron chi connectivity index (χ2n) is 5.11. The quantitative estimate of drug-likeness (QED) is 0.171. The summed E-state index contributed by atoms with van der Waals surface area (Å²) in [6, 6.07) is 2.40. The van der Waals surface area contributed by atoms with Gasteiger partial charge in [-0.1, -0.05) is 12.2 Å². The fourth-order valence-electron chi connectivity index (χ4n) is 2.02. The predicted molar refractivity (Wildman–Crippen MR) is 95.0 cm³/mol. The SMILES string of the molecule is COC(=O)CCCOc1cc(C(N)=O)cc([N+](=O)[O-])c1NC/C=C/CN. The summed E-state index contributed by atoms with van der Waals surface area (Å²) in [7, 11) is 1.28. The Morgan fingerprint density at radius 1 is 1.35 bits per heavy atom. The molecular weight excluding hydrogens is 344 g/mol. The molecule has 0 bridgehead atoms. The molecule has 0 saturated heterocycles. The van der Waals surface area contributed by atoms with Crippen molar-refractivity contribution >= 4 is 23.3 Å². The lowest BCUT2D eigenvalue weighted by atomic mass is 10.1. The van der Waals surface area contributed by atoms with Gasteiger partial charge in [0.15, 0.2) is 5.69 Å².